The summed E-state index contributed by atoms with van der Waals surface area (Å²) in [5.41, 5.74) is 5.32. The predicted octanol–water partition coefficient (Wildman–Crippen LogP) is 1.04. The minimum absolute atomic E-state index is 0.190. The minimum Gasteiger partial charge on any atom is -0.495 e. The van der Waals surface area contributed by atoms with Gasteiger partial charge in [0.25, 0.3) is 0 Å². The molecule has 1 unspecified atom stereocenters. The molecule has 3 N–H and O–H groups in total. The van der Waals surface area contributed by atoms with Gasteiger partial charge in [-0.15, -0.1) is 0 Å². The Labute approximate surface area is 90.1 Å². The highest BCUT2D eigenvalue weighted by Gasteiger charge is 2.27. The number of nitrogens with two attached hydrogens (primary N) is 1. The van der Waals surface area contributed by atoms with Crippen LogP contribution >= 0.6 is 0 Å². The number of nitrogens with zero attached hydrogens (tertiary/aromatic N) is 1. The van der Waals surface area contributed by atoms with Gasteiger partial charge in [0.05, 0.1) is 13.3 Å². The third kappa shape index (κ3) is 2.67. The summed E-state index contributed by atoms with van der Waals surface area (Å²) in [5.74, 6) is 0.635. The van der Waals surface area contributed by atoms with E-state index >= 15 is 0 Å². The smallest absolute Gasteiger partial charge is 0.137 e. The van der Waals surface area contributed by atoms with E-state index in [-0.39, 0.29) is 6.54 Å². The highest BCUT2D eigenvalue weighted by Crippen LogP contribution is 2.27. The molecule has 1 aromatic rings. The molecule has 0 aromatic carbocycles. The molecule has 1 aromatic heterocycles. The van der Waals surface area contributed by atoms with Crippen LogP contribution < -0.4 is 10.5 Å². The lowest BCUT2D eigenvalue weighted by atomic mass is 9.90. The van der Waals surface area contributed by atoms with Crippen LogP contribution in [0.4, 0.5) is 0 Å². The maximum Gasteiger partial charge on any atom is 0.137 e. The lowest BCUT2D eigenvalue weighted by Crippen LogP contribution is -2.34. The first kappa shape index (κ1) is 11.9. The van der Waals surface area contributed by atoms with Gasteiger partial charge in [0.15, 0.2) is 0 Å². The van der Waals surface area contributed by atoms with E-state index in [2.05, 4.69) is 4.98 Å². The van der Waals surface area contributed by atoms with Crippen LogP contribution in [0.3, 0.4) is 0 Å². The van der Waals surface area contributed by atoms with Crippen LogP contribution in [0.15, 0.2) is 18.5 Å². The Hall–Kier alpha value is -1.13. The SMILES string of the molecule is CCCC(O)(CN)c1cncc(OC)c1. The van der Waals surface area contributed by atoms with Crippen LogP contribution in [-0.2, 0) is 5.60 Å². The Morgan fingerprint density at radius 1 is 1.53 bits per heavy atom. The summed E-state index contributed by atoms with van der Waals surface area (Å²) in [5, 5.41) is 10.3. The van der Waals surface area contributed by atoms with E-state index < -0.39 is 5.60 Å². The average molecular weight is 210 g/mol. The second-order valence-corrected chi connectivity index (χ2v) is 3.60. The van der Waals surface area contributed by atoms with Crippen molar-refractivity contribution in [1.29, 1.82) is 0 Å². The van der Waals surface area contributed by atoms with E-state index in [0.29, 0.717) is 17.7 Å². The Morgan fingerprint density at radius 3 is 2.80 bits per heavy atom. The van der Waals surface area contributed by atoms with Crippen LogP contribution in [0, 0.1) is 0 Å². The van der Waals surface area contributed by atoms with Gasteiger partial charge in [-0.2, -0.15) is 0 Å². The number of pyridine rings is 1. The number of aromatic nitrogens is 1. The summed E-state index contributed by atoms with van der Waals surface area (Å²) in [6, 6.07) is 1.77. The van der Waals surface area contributed by atoms with Crippen molar-refractivity contribution in [3.8, 4) is 5.75 Å². The van der Waals surface area contributed by atoms with Gasteiger partial charge in [-0.3, -0.25) is 4.98 Å². The second-order valence-electron chi connectivity index (χ2n) is 3.60. The topological polar surface area (TPSA) is 68.4 Å². The normalized spacial score (nSPS) is 14.7. The molecule has 0 bridgehead atoms. The van der Waals surface area contributed by atoms with Crippen molar-refractivity contribution in [3.05, 3.63) is 24.0 Å². The number of rotatable bonds is 5. The standard InChI is InChI=1S/C11H18N2O2/c1-3-4-11(14,8-12)9-5-10(15-2)7-13-6-9/h5-7,14H,3-4,8,12H2,1-2H3. The number of ether oxygens (including phenoxy) is 1. The summed E-state index contributed by atoms with van der Waals surface area (Å²) in [6.45, 7) is 2.20. The fourth-order valence-electron chi connectivity index (χ4n) is 1.56. The van der Waals surface area contributed by atoms with Gasteiger partial charge in [-0.25, -0.2) is 0 Å². The number of aliphatic hydroxyl groups is 1. The molecule has 15 heavy (non-hydrogen) atoms. The van der Waals surface area contributed by atoms with Gasteiger partial charge in [0.1, 0.15) is 11.4 Å². The van der Waals surface area contributed by atoms with Crippen LogP contribution in [-0.4, -0.2) is 23.7 Å². The first-order valence-electron chi connectivity index (χ1n) is 5.08. The average Bonchev–Trinajstić information content (AvgIpc) is 2.29. The molecule has 4 nitrogen and oxygen atoms in total. The Morgan fingerprint density at radius 2 is 2.27 bits per heavy atom. The first-order chi connectivity index (χ1) is 7.16. The fraction of sp³-hybridized carbons (Fsp3) is 0.545. The van der Waals surface area contributed by atoms with E-state index in [1.54, 1.807) is 25.6 Å². The molecule has 0 aliphatic carbocycles. The zero-order valence-corrected chi connectivity index (χ0v) is 9.23. The summed E-state index contributed by atoms with van der Waals surface area (Å²) in [6.07, 6.45) is 4.72. The van der Waals surface area contributed by atoms with Gasteiger partial charge in [-0.1, -0.05) is 13.3 Å². The second kappa shape index (κ2) is 5.09. The van der Waals surface area contributed by atoms with Crippen molar-refractivity contribution < 1.29 is 9.84 Å². The molecule has 0 fully saturated rings. The summed E-state index contributed by atoms with van der Waals surface area (Å²) < 4.78 is 5.06. The predicted molar refractivity (Wildman–Crippen MR) is 58.6 cm³/mol. The molecule has 4 heteroatoms. The Kier molecular flexibility index (Phi) is 4.05. The minimum atomic E-state index is -0.990. The highest BCUT2D eigenvalue weighted by molar-refractivity contribution is 5.28. The van der Waals surface area contributed by atoms with Gasteiger partial charge >= 0.3 is 0 Å². The Balaban J connectivity index is 3.00. The van der Waals surface area contributed by atoms with Gasteiger partial charge < -0.3 is 15.6 Å². The van der Waals surface area contributed by atoms with Crippen molar-refractivity contribution in [1.82, 2.24) is 4.98 Å². The van der Waals surface area contributed by atoms with Crippen molar-refractivity contribution in [2.75, 3.05) is 13.7 Å². The van der Waals surface area contributed by atoms with Crippen molar-refractivity contribution in [2.24, 2.45) is 5.73 Å². The van der Waals surface area contributed by atoms with E-state index in [0.717, 1.165) is 6.42 Å². The first-order valence-corrected chi connectivity index (χ1v) is 5.08. The molecule has 0 saturated carbocycles. The molecular formula is C11H18N2O2. The summed E-state index contributed by atoms with van der Waals surface area (Å²) in [7, 11) is 1.57. The van der Waals surface area contributed by atoms with Crippen LogP contribution in [0.25, 0.3) is 0 Å². The Bertz CT molecular complexity index is 317. The third-order valence-electron chi connectivity index (χ3n) is 2.49. The lowest BCUT2D eigenvalue weighted by Gasteiger charge is -2.26. The van der Waals surface area contributed by atoms with Crippen LogP contribution in [0.5, 0.6) is 5.75 Å². The molecule has 84 valence electrons. The largest absolute Gasteiger partial charge is 0.495 e. The quantitative estimate of drug-likeness (QED) is 0.761. The third-order valence-corrected chi connectivity index (χ3v) is 2.49. The maximum atomic E-state index is 10.3. The van der Waals surface area contributed by atoms with Crippen molar-refractivity contribution in [3.63, 3.8) is 0 Å². The molecule has 0 spiro atoms. The fourth-order valence-corrected chi connectivity index (χ4v) is 1.56. The number of hydrogen-bond acceptors (Lipinski definition) is 4. The highest BCUT2D eigenvalue weighted by atomic mass is 16.5. The summed E-state index contributed by atoms with van der Waals surface area (Å²) >= 11 is 0. The van der Waals surface area contributed by atoms with E-state index in [4.69, 9.17) is 10.5 Å². The molecular weight excluding hydrogens is 192 g/mol. The van der Waals surface area contributed by atoms with Gasteiger partial charge in [0.2, 0.25) is 0 Å². The van der Waals surface area contributed by atoms with Gasteiger partial charge in [-0.05, 0) is 12.5 Å². The molecule has 1 heterocycles. The molecule has 0 aliphatic heterocycles. The number of methoxy groups -OCH3 is 1. The monoisotopic (exact) mass is 210 g/mol. The van der Waals surface area contributed by atoms with Crippen molar-refractivity contribution in [2.45, 2.75) is 25.4 Å². The molecule has 0 saturated heterocycles. The van der Waals surface area contributed by atoms with E-state index in [9.17, 15) is 5.11 Å². The lowest BCUT2D eigenvalue weighted by molar-refractivity contribution is 0.0354. The van der Waals surface area contributed by atoms with E-state index in [1.165, 1.54) is 0 Å². The van der Waals surface area contributed by atoms with Crippen molar-refractivity contribution >= 4 is 0 Å². The molecule has 1 atom stereocenters. The molecule has 0 aliphatic rings. The van der Waals surface area contributed by atoms with Gasteiger partial charge in [0, 0.05) is 18.3 Å². The van der Waals surface area contributed by atoms with Crippen LogP contribution in [0.2, 0.25) is 0 Å². The molecule has 1 rings (SSSR count). The molecule has 0 amide bonds. The summed E-state index contributed by atoms with van der Waals surface area (Å²) in [4.78, 5) is 4.01. The zero-order chi connectivity index (χ0) is 11.3. The maximum absolute atomic E-state index is 10.3. The van der Waals surface area contributed by atoms with Crippen LogP contribution in [0.1, 0.15) is 25.3 Å². The zero-order valence-electron chi connectivity index (χ0n) is 9.23. The number of hydrogen-bond donors (Lipinski definition) is 2. The van der Waals surface area contributed by atoms with E-state index in [1.807, 2.05) is 6.92 Å². The molecule has 0 radical (unpaired) electrons.